The highest BCUT2D eigenvalue weighted by Gasteiger charge is 2.60. The molecule has 4 aliphatic carbocycles. The first-order valence-electron chi connectivity index (χ1n) is 9.56. The predicted molar refractivity (Wildman–Crippen MR) is 87.7 cm³/mol. The fourth-order valence-corrected chi connectivity index (χ4v) is 7.27. The van der Waals surface area contributed by atoms with Gasteiger partial charge in [-0.1, -0.05) is 13.8 Å². The summed E-state index contributed by atoms with van der Waals surface area (Å²) < 4.78 is 0. The van der Waals surface area contributed by atoms with Gasteiger partial charge < -0.3 is 9.90 Å². The lowest BCUT2D eigenvalue weighted by Gasteiger charge is -2.60. The minimum atomic E-state index is -0.363. The molecule has 3 heteroatoms. The minimum Gasteiger partial charge on any atom is -0.393 e. The number of aliphatic hydroxyl groups is 1. The Hall–Kier alpha value is -0.700. The summed E-state index contributed by atoms with van der Waals surface area (Å²) in [7, 11) is 0. The smallest absolute Gasteiger partial charge is 0.143 e. The van der Waals surface area contributed by atoms with Crippen molar-refractivity contribution in [3.05, 3.63) is 0 Å². The van der Waals surface area contributed by atoms with E-state index in [1.165, 1.54) is 12.8 Å². The molecule has 0 aliphatic heterocycles. The monoisotopic (exact) mass is 318 g/mol. The summed E-state index contributed by atoms with van der Waals surface area (Å²) in [6.45, 7) is 4.67. The van der Waals surface area contributed by atoms with Crippen molar-refractivity contribution in [3.8, 4) is 0 Å². The average molecular weight is 318 g/mol. The van der Waals surface area contributed by atoms with Crippen LogP contribution in [0.25, 0.3) is 0 Å². The van der Waals surface area contributed by atoms with Gasteiger partial charge in [0, 0.05) is 6.42 Å². The number of carbonyl (C=O) groups excluding carboxylic acids is 2. The lowest BCUT2D eigenvalue weighted by Crippen LogP contribution is -2.55. The summed E-state index contributed by atoms with van der Waals surface area (Å²) in [5, 5.41) is 10.5. The van der Waals surface area contributed by atoms with Crippen LogP contribution in [0.1, 0.15) is 65.2 Å². The first kappa shape index (κ1) is 15.8. The van der Waals surface area contributed by atoms with Crippen molar-refractivity contribution in [1.29, 1.82) is 0 Å². The molecule has 0 aromatic rings. The zero-order valence-corrected chi connectivity index (χ0v) is 14.5. The molecule has 4 aliphatic rings. The molecule has 0 spiro atoms. The topological polar surface area (TPSA) is 54.4 Å². The third-order valence-corrected chi connectivity index (χ3v) is 8.70. The Balaban J connectivity index is 1.65. The molecule has 3 unspecified atom stereocenters. The van der Waals surface area contributed by atoms with Crippen LogP contribution in [-0.4, -0.2) is 23.3 Å². The van der Waals surface area contributed by atoms with Crippen LogP contribution in [-0.2, 0) is 9.59 Å². The Morgan fingerprint density at radius 2 is 1.78 bits per heavy atom. The number of rotatable bonds is 1. The molecule has 4 saturated carbocycles. The number of hydrogen-bond acceptors (Lipinski definition) is 3. The number of aliphatic hydroxyl groups excluding tert-OH is 1. The quantitative estimate of drug-likeness (QED) is 0.595. The van der Waals surface area contributed by atoms with Gasteiger partial charge in [-0.2, -0.15) is 0 Å². The highest BCUT2D eigenvalue weighted by Crippen LogP contribution is 2.66. The van der Waals surface area contributed by atoms with E-state index in [0.717, 1.165) is 38.4 Å². The Labute approximate surface area is 139 Å². The third kappa shape index (κ3) is 2.04. The highest BCUT2D eigenvalue weighted by molar-refractivity contribution is 5.94. The standard InChI is InChI=1S/C20H30O3/c1-19-8-7-16-14(15(19)5-6-18(19)23)4-3-13-9-17(22)12(11-21)10-20(13,16)2/h11-16,18,23H,3-10H2,1-2H3/t12?,13?,14-,15-,16+,18?,19-,20-/m0/s1. The molecule has 128 valence electrons. The van der Waals surface area contributed by atoms with E-state index in [1.807, 2.05) is 0 Å². The summed E-state index contributed by atoms with van der Waals surface area (Å²) in [4.78, 5) is 23.6. The van der Waals surface area contributed by atoms with E-state index >= 15 is 0 Å². The van der Waals surface area contributed by atoms with Crippen molar-refractivity contribution in [2.75, 3.05) is 0 Å². The summed E-state index contributed by atoms with van der Waals surface area (Å²) in [5.74, 6) is 2.26. The van der Waals surface area contributed by atoms with Crippen LogP contribution in [0.15, 0.2) is 0 Å². The van der Waals surface area contributed by atoms with E-state index in [-0.39, 0.29) is 28.6 Å². The number of aldehydes is 1. The lowest BCUT2D eigenvalue weighted by atomic mass is 9.44. The molecular weight excluding hydrogens is 288 g/mol. The fraction of sp³-hybridized carbons (Fsp3) is 0.900. The molecule has 4 rings (SSSR count). The van der Waals surface area contributed by atoms with Crippen molar-refractivity contribution >= 4 is 12.1 Å². The minimum absolute atomic E-state index is 0.110. The van der Waals surface area contributed by atoms with E-state index in [0.29, 0.717) is 30.1 Å². The van der Waals surface area contributed by atoms with Crippen molar-refractivity contribution in [3.63, 3.8) is 0 Å². The van der Waals surface area contributed by atoms with E-state index < -0.39 is 0 Å². The zero-order chi connectivity index (χ0) is 16.4. The summed E-state index contributed by atoms with van der Waals surface area (Å²) in [6.07, 6.45) is 8.92. The largest absolute Gasteiger partial charge is 0.393 e. The summed E-state index contributed by atoms with van der Waals surface area (Å²) in [6, 6.07) is 0. The highest BCUT2D eigenvalue weighted by atomic mass is 16.3. The van der Waals surface area contributed by atoms with Crippen molar-refractivity contribution in [2.45, 2.75) is 71.3 Å². The SMILES string of the molecule is C[C@]12CC(C=O)C(=O)CC1CC[C@@H]1[C@H]2CC[C@]2(C)C(O)CC[C@@H]12. The molecule has 0 amide bonds. The van der Waals surface area contributed by atoms with Crippen LogP contribution in [0.4, 0.5) is 0 Å². The molecule has 0 saturated heterocycles. The second-order valence-corrected chi connectivity index (χ2v) is 9.41. The molecular formula is C20H30O3. The molecule has 4 fully saturated rings. The van der Waals surface area contributed by atoms with Gasteiger partial charge in [0.2, 0.25) is 0 Å². The van der Waals surface area contributed by atoms with Gasteiger partial charge in [-0.05, 0) is 79.4 Å². The van der Waals surface area contributed by atoms with Gasteiger partial charge >= 0.3 is 0 Å². The normalized spacial score (nSPS) is 55.7. The van der Waals surface area contributed by atoms with E-state index in [2.05, 4.69) is 13.8 Å². The third-order valence-electron chi connectivity index (χ3n) is 8.70. The lowest BCUT2D eigenvalue weighted by molar-refractivity contribution is -0.151. The number of carbonyl (C=O) groups is 2. The van der Waals surface area contributed by atoms with Crippen LogP contribution in [0.3, 0.4) is 0 Å². The Morgan fingerprint density at radius 1 is 1.04 bits per heavy atom. The van der Waals surface area contributed by atoms with Gasteiger partial charge in [0.1, 0.15) is 12.1 Å². The maximum Gasteiger partial charge on any atom is 0.143 e. The summed E-state index contributed by atoms with van der Waals surface area (Å²) in [5.41, 5.74) is 0.260. The van der Waals surface area contributed by atoms with Crippen LogP contribution < -0.4 is 0 Å². The van der Waals surface area contributed by atoms with Gasteiger partial charge in [-0.3, -0.25) is 4.79 Å². The van der Waals surface area contributed by atoms with E-state index in [4.69, 9.17) is 0 Å². The number of Topliss-reactive ketones (excluding diaryl/α,β-unsaturated/α-hetero) is 1. The Kier molecular flexibility index (Phi) is 3.54. The average Bonchev–Trinajstić information content (AvgIpc) is 2.83. The summed E-state index contributed by atoms with van der Waals surface area (Å²) >= 11 is 0. The van der Waals surface area contributed by atoms with E-state index in [9.17, 15) is 14.7 Å². The van der Waals surface area contributed by atoms with Crippen molar-refractivity contribution in [2.24, 2.45) is 40.4 Å². The molecule has 0 aromatic heterocycles. The second-order valence-electron chi connectivity index (χ2n) is 9.41. The predicted octanol–water partition coefficient (Wildman–Crippen LogP) is 3.38. The molecule has 0 aromatic carbocycles. The molecule has 0 heterocycles. The number of fused-ring (bicyclic) bond motifs is 5. The van der Waals surface area contributed by atoms with Gasteiger partial charge in [0.15, 0.2) is 0 Å². The maximum absolute atomic E-state index is 12.2. The van der Waals surface area contributed by atoms with Gasteiger partial charge in [-0.15, -0.1) is 0 Å². The van der Waals surface area contributed by atoms with E-state index in [1.54, 1.807) is 0 Å². The van der Waals surface area contributed by atoms with Gasteiger partial charge in [0.05, 0.1) is 12.0 Å². The Morgan fingerprint density at radius 3 is 2.52 bits per heavy atom. The Bertz CT molecular complexity index is 529. The van der Waals surface area contributed by atoms with Crippen LogP contribution in [0.2, 0.25) is 0 Å². The molecule has 1 N–H and O–H groups in total. The molecule has 0 bridgehead atoms. The first-order valence-corrected chi connectivity index (χ1v) is 9.56. The van der Waals surface area contributed by atoms with Crippen LogP contribution in [0.5, 0.6) is 0 Å². The van der Waals surface area contributed by atoms with Crippen molar-refractivity contribution in [1.82, 2.24) is 0 Å². The number of hydrogen-bond donors (Lipinski definition) is 1. The van der Waals surface area contributed by atoms with Gasteiger partial charge in [0.25, 0.3) is 0 Å². The molecule has 8 atom stereocenters. The van der Waals surface area contributed by atoms with Crippen LogP contribution >= 0.6 is 0 Å². The van der Waals surface area contributed by atoms with Crippen LogP contribution in [0, 0.1) is 40.4 Å². The number of ketones is 1. The fourth-order valence-electron chi connectivity index (χ4n) is 7.27. The first-order chi connectivity index (χ1) is 10.9. The molecule has 0 radical (unpaired) electrons. The van der Waals surface area contributed by atoms with Crippen molar-refractivity contribution < 1.29 is 14.7 Å². The zero-order valence-electron chi connectivity index (χ0n) is 14.5. The molecule has 23 heavy (non-hydrogen) atoms. The molecule has 3 nitrogen and oxygen atoms in total. The maximum atomic E-state index is 12.2. The van der Waals surface area contributed by atoms with Gasteiger partial charge in [-0.25, -0.2) is 0 Å². The second kappa shape index (κ2) is 5.15.